The molecule has 0 saturated carbocycles. The first-order valence-corrected chi connectivity index (χ1v) is 3.91. The lowest BCUT2D eigenvalue weighted by molar-refractivity contribution is 0.477. The van der Waals surface area contributed by atoms with Crippen molar-refractivity contribution >= 4 is 22.5 Å². The van der Waals surface area contributed by atoms with Gasteiger partial charge in [-0.25, -0.2) is 0 Å². The van der Waals surface area contributed by atoms with Crippen molar-refractivity contribution in [1.82, 2.24) is 9.78 Å². The van der Waals surface area contributed by atoms with E-state index < -0.39 is 10.1 Å². The molecule has 1 aromatic heterocycles. The number of halogens is 1. The fourth-order valence-corrected chi connectivity index (χ4v) is 0.996. The Balaban J connectivity index is 0.000001000. The van der Waals surface area contributed by atoms with E-state index in [9.17, 15) is 8.42 Å². The topological polar surface area (TPSA) is 72.2 Å². The van der Waals surface area contributed by atoms with Gasteiger partial charge in [-0.1, -0.05) is 0 Å². The standard InChI is InChI=1S/C4H6N2O3S.ClH/c1-6-3-2-4(5-6)10(7,8)9;/h2-3H,1H3,(H,7,8,9);1H. The molecule has 0 saturated heterocycles. The molecule has 0 fully saturated rings. The zero-order valence-corrected chi connectivity index (χ0v) is 7.26. The SMILES string of the molecule is Cl.Cn1ccc(S(=O)(=O)O)n1. The second-order valence-electron chi connectivity index (χ2n) is 1.80. The van der Waals surface area contributed by atoms with Crippen LogP contribution >= 0.6 is 12.4 Å². The maximum Gasteiger partial charge on any atom is 0.313 e. The first-order valence-electron chi connectivity index (χ1n) is 2.47. The van der Waals surface area contributed by atoms with Crippen LogP contribution in [-0.4, -0.2) is 22.8 Å². The molecule has 0 aromatic carbocycles. The average Bonchev–Trinajstić information content (AvgIpc) is 2.11. The van der Waals surface area contributed by atoms with E-state index in [1.54, 1.807) is 7.05 Å². The maximum absolute atomic E-state index is 10.3. The van der Waals surface area contributed by atoms with E-state index in [-0.39, 0.29) is 17.4 Å². The molecule has 1 N–H and O–H groups in total. The van der Waals surface area contributed by atoms with Gasteiger partial charge in [-0.2, -0.15) is 13.5 Å². The second-order valence-corrected chi connectivity index (χ2v) is 3.17. The highest BCUT2D eigenvalue weighted by Crippen LogP contribution is 2.01. The predicted molar refractivity (Wildman–Crippen MR) is 40.3 cm³/mol. The van der Waals surface area contributed by atoms with Gasteiger partial charge >= 0.3 is 10.1 Å². The minimum absolute atomic E-state index is 0. The summed E-state index contributed by atoms with van der Waals surface area (Å²) in [5, 5.41) is 3.14. The van der Waals surface area contributed by atoms with E-state index in [2.05, 4.69) is 5.10 Å². The van der Waals surface area contributed by atoms with Crippen LogP contribution in [-0.2, 0) is 17.2 Å². The highest BCUT2D eigenvalue weighted by Gasteiger charge is 2.11. The Morgan fingerprint density at radius 1 is 1.64 bits per heavy atom. The van der Waals surface area contributed by atoms with E-state index in [1.165, 1.54) is 16.9 Å². The fourth-order valence-electron chi connectivity index (χ4n) is 0.531. The molecule has 0 unspecified atom stereocenters. The first kappa shape index (κ1) is 10.4. The Morgan fingerprint density at radius 2 is 2.18 bits per heavy atom. The van der Waals surface area contributed by atoms with Crippen molar-refractivity contribution in [1.29, 1.82) is 0 Å². The third kappa shape index (κ3) is 2.49. The molecule has 1 heterocycles. The van der Waals surface area contributed by atoms with Crippen molar-refractivity contribution in [2.45, 2.75) is 5.03 Å². The van der Waals surface area contributed by atoms with Gasteiger partial charge < -0.3 is 0 Å². The summed E-state index contributed by atoms with van der Waals surface area (Å²) in [5.74, 6) is 0. The van der Waals surface area contributed by atoms with Crippen LogP contribution in [0.1, 0.15) is 0 Å². The van der Waals surface area contributed by atoms with Gasteiger partial charge in [0.25, 0.3) is 0 Å². The zero-order chi connectivity index (χ0) is 7.78. The van der Waals surface area contributed by atoms with Crippen LogP contribution in [0, 0.1) is 0 Å². The van der Waals surface area contributed by atoms with E-state index >= 15 is 0 Å². The average molecular weight is 199 g/mol. The molecule has 1 aromatic rings. The van der Waals surface area contributed by atoms with Crippen LogP contribution in [0.4, 0.5) is 0 Å². The van der Waals surface area contributed by atoms with Crippen LogP contribution in [0.2, 0.25) is 0 Å². The van der Waals surface area contributed by atoms with Crippen molar-refractivity contribution in [3.8, 4) is 0 Å². The number of aryl methyl sites for hydroxylation is 1. The molecule has 0 amide bonds. The summed E-state index contributed by atoms with van der Waals surface area (Å²) in [6, 6.07) is 1.22. The van der Waals surface area contributed by atoms with E-state index in [4.69, 9.17) is 4.55 Å². The third-order valence-electron chi connectivity index (χ3n) is 0.953. The molecule has 0 spiro atoms. The Bertz CT molecular complexity index is 331. The van der Waals surface area contributed by atoms with Crippen molar-refractivity contribution in [3.05, 3.63) is 12.3 Å². The molecule has 1 rings (SSSR count). The molecule has 0 atom stereocenters. The van der Waals surface area contributed by atoms with Crippen LogP contribution in [0.15, 0.2) is 17.3 Å². The van der Waals surface area contributed by atoms with Crippen molar-refractivity contribution in [3.63, 3.8) is 0 Å². The van der Waals surface area contributed by atoms with Gasteiger partial charge in [0.05, 0.1) is 0 Å². The van der Waals surface area contributed by atoms with Crippen molar-refractivity contribution < 1.29 is 13.0 Å². The summed E-state index contributed by atoms with van der Waals surface area (Å²) in [4.78, 5) is 0. The minimum Gasteiger partial charge on any atom is -0.281 e. The number of hydrogen-bond donors (Lipinski definition) is 1. The van der Waals surface area contributed by atoms with E-state index in [0.29, 0.717) is 0 Å². The Kier molecular flexibility index (Phi) is 3.03. The summed E-state index contributed by atoms with van der Waals surface area (Å²) >= 11 is 0. The molecule has 64 valence electrons. The van der Waals surface area contributed by atoms with Gasteiger partial charge in [0, 0.05) is 13.2 Å². The Hall–Kier alpha value is -0.590. The molecule has 0 aliphatic carbocycles. The summed E-state index contributed by atoms with van der Waals surface area (Å²) in [6.07, 6.45) is 1.43. The summed E-state index contributed by atoms with van der Waals surface area (Å²) < 4.78 is 30.3. The highest BCUT2D eigenvalue weighted by molar-refractivity contribution is 7.85. The largest absolute Gasteiger partial charge is 0.313 e. The van der Waals surface area contributed by atoms with Gasteiger partial charge in [-0.3, -0.25) is 9.23 Å². The minimum atomic E-state index is -4.11. The van der Waals surface area contributed by atoms with Crippen LogP contribution in [0.25, 0.3) is 0 Å². The summed E-state index contributed by atoms with van der Waals surface area (Å²) in [5.41, 5.74) is 0. The molecule has 7 heteroatoms. The first-order chi connectivity index (χ1) is 4.50. The lowest BCUT2D eigenvalue weighted by Crippen LogP contribution is -1.99. The molecular formula is C4H7ClN2O3S. The van der Waals surface area contributed by atoms with Crippen LogP contribution in [0.3, 0.4) is 0 Å². The number of hydrogen-bond acceptors (Lipinski definition) is 3. The summed E-state index contributed by atoms with van der Waals surface area (Å²) in [6.45, 7) is 0. The zero-order valence-electron chi connectivity index (χ0n) is 5.63. The molecule has 0 aliphatic heterocycles. The van der Waals surface area contributed by atoms with Crippen LogP contribution < -0.4 is 0 Å². The van der Waals surface area contributed by atoms with Crippen LogP contribution in [0.5, 0.6) is 0 Å². The monoisotopic (exact) mass is 198 g/mol. The number of nitrogens with zero attached hydrogens (tertiary/aromatic N) is 2. The molecule has 0 radical (unpaired) electrons. The smallest absolute Gasteiger partial charge is 0.281 e. The second kappa shape index (κ2) is 3.21. The van der Waals surface area contributed by atoms with Crippen molar-refractivity contribution in [2.75, 3.05) is 0 Å². The van der Waals surface area contributed by atoms with Gasteiger partial charge in [-0.05, 0) is 6.07 Å². The maximum atomic E-state index is 10.3. The van der Waals surface area contributed by atoms with E-state index in [0.717, 1.165) is 0 Å². The Morgan fingerprint density at radius 3 is 2.36 bits per heavy atom. The predicted octanol–water partition coefficient (Wildman–Crippen LogP) is 0.0886. The molecule has 0 aliphatic rings. The lowest BCUT2D eigenvalue weighted by atomic mass is 10.7. The number of rotatable bonds is 1. The molecule has 11 heavy (non-hydrogen) atoms. The fraction of sp³-hybridized carbons (Fsp3) is 0.250. The highest BCUT2D eigenvalue weighted by atomic mass is 35.5. The van der Waals surface area contributed by atoms with Gasteiger partial charge in [0.2, 0.25) is 5.03 Å². The van der Waals surface area contributed by atoms with Crippen molar-refractivity contribution in [2.24, 2.45) is 7.05 Å². The summed E-state index contributed by atoms with van der Waals surface area (Å²) in [7, 11) is -2.55. The van der Waals surface area contributed by atoms with E-state index in [1.807, 2.05) is 0 Å². The van der Waals surface area contributed by atoms with Gasteiger partial charge in [0.1, 0.15) is 0 Å². The molecule has 5 nitrogen and oxygen atoms in total. The normalized spacial score (nSPS) is 10.7. The van der Waals surface area contributed by atoms with Gasteiger partial charge in [0.15, 0.2) is 0 Å². The van der Waals surface area contributed by atoms with Gasteiger partial charge in [-0.15, -0.1) is 12.4 Å². The third-order valence-corrected chi connectivity index (χ3v) is 1.70. The Labute approximate surface area is 70.2 Å². The quantitative estimate of drug-likeness (QED) is 0.650. The number of aromatic nitrogens is 2. The lowest BCUT2D eigenvalue weighted by Gasteiger charge is -1.86. The molecular weight excluding hydrogens is 192 g/mol. The molecule has 0 bridgehead atoms.